The number of epoxide rings is 3. The Bertz CT molecular complexity index is 871. The molecule has 1 N–H and O–H groups in total. The molecule has 4 aliphatic heterocycles. The first-order valence-electron chi connectivity index (χ1n) is 10.2. The molecule has 7 heteroatoms. The van der Waals surface area contributed by atoms with E-state index in [9.17, 15) is 9.90 Å². The third kappa shape index (κ3) is 1.47. The predicted octanol–water partition coefficient (Wildman–Crippen LogP) is 1.30. The van der Waals surface area contributed by atoms with Gasteiger partial charge in [-0.2, -0.15) is 0 Å². The summed E-state index contributed by atoms with van der Waals surface area (Å²) in [6.45, 7) is 9.02. The van der Waals surface area contributed by atoms with Crippen molar-refractivity contribution in [2.75, 3.05) is 6.61 Å². The third-order valence-electron chi connectivity index (χ3n) is 9.56. The van der Waals surface area contributed by atoms with E-state index in [1.165, 1.54) is 0 Å². The summed E-state index contributed by atoms with van der Waals surface area (Å²) in [4.78, 5) is 12.2. The van der Waals surface area contributed by atoms with E-state index < -0.39 is 22.9 Å². The van der Waals surface area contributed by atoms with Crippen LogP contribution in [-0.2, 0) is 56.5 Å². The van der Waals surface area contributed by atoms with Crippen LogP contribution in [0.1, 0.15) is 40.5 Å². The van der Waals surface area contributed by atoms with E-state index in [1.807, 2.05) is 0 Å². The van der Waals surface area contributed by atoms with E-state index in [0.29, 0.717) is 13.0 Å². The minimum Gasteiger partial charge on any atom is -0.458 e. The van der Waals surface area contributed by atoms with Crippen LogP contribution in [0.3, 0.4) is 0 Å². The number of fused-ring (bicyclic) bond motifs is 4. The minimum absolute atomic E-state index is 0. The number of cyclic esters (lactones) is 1. The van der Waals surface area contributed by atoms with Gasteiger partial charge in [0.05, 0.1) is 0 Å². The van der Waals surface area contributed by atoms with Crippen LogP contribution < -0.4 is 0 Å². The smallest absolute Gasteiger partial charge is 0.334 e. The molecule has 0 amide bonds. The summed E-state index contributed by atoms with van der Waals surface area (Å²) in [7, 11) is 0. The van der Waals surface area contributed by atoms with Crippen molar-refractivity contribution in [3.8, 4) is 0 Å². The number of ether oxygens (including phenoxy) is 4. The van der Waals surface area contributed by atoms with Crippen molar-refractivity contribution in [1.82, 2.24) is 0 Å². The predicted molar refractivity (Wildman–Crippen MR) is 91.4 cm³/mol. The van der Waals surface area contributed by atoms with Crippen LogP contribution in [0.15, 0.2) is 11.1 Å². The number of hydrogen-bond donors (Lipinski definition) is 1. The fourth-order valence-corrected chi connectivity index (χ4v) is 7.78. The molecule has 7 aliphatic rings. The molecule has 6 nitrogen and oxygen atoms in total. The zero-order valence-electron chi connectivity index (χ0n) is 16.7. The summed E-state index contributed by atoms with van der Waals surface area (Å²) in [6.07, 6.45) is 2.74. The summed E-state index contributed by atoms with van der Waals surface area (Å²) in [5.41, 5.74) is -0.534. The Morgan fingerprint density at radius 3 is 2.64 bits per heavy atom. The molecule has 28 heavy (non-hydrogen) atoms. The quantitative estimate of drug-likeness (QED) is 0.360. The summed E-state index contributed by atoms with van der Waals surface area (Å²) >= 11 is 0. The van der Waals surface area contributed by atoms with E-state index in [0.717, 1.165) is 17.6 Å². The first kappa shape index (κ1) is 18.9. The molecule has 0 aromatic carbocycles. The van der Waals surface area contributed by atoms with Crippen molar-refractivity contribution in [1.29, 1.82) is 0 Å². The van der Waals surface area contributed by atoms with Crippen LogP contribution in [0.4, 0.5) is 0 Å². The van der Waals surface area contributed by atoms with Gasteiger partial charge in [0.25, 0.3) is 0 Å². The van der Waals surface area contributed by atoms with Gasteiger partial charge in [-0.25, -0.2) is 4.79 Å². The standard InChI is InChI=1S/C21H25O6.Y/c1-9(2)19-13(26-19)14-21(27-14)18(4)6-5-10-11(8-24-15(10)22)17(18,3)7-12-20(21,25-12)16(19)23;/h7,9,12-14,16,23H,5-6,8H2,1-4H3;/q-1;/t12-,13-,14-,16+,17-,18-,19-,20+,21+;/m0./s1. The average Bonchev–Trinajstić information content (AvgIpc) is 3.49. The molecule has 9 atom stereocenters. The molecule has 3 aliphatic carbocycles. The van der Waals surface area contributed by atoms with Gasteiger partial charge in [0, 0.05) is 38.3 Å². The van der Waals surface area contributed by atoms with Gasteiger partial charge in [-0.05, 0) is 35.9 Å². The molecule has 1 radical (unpaired) electrons. The normalized spacial score (nSPS) is 61.7. The third-order valence-corrected chi connectivity index (χ3v) is 9.56. The van der Waals surface area contributed by atoms with Gasteiger partial charge in [-0.3, -0.25) is 6.42 Å². The topological polar surface area (TPSA) is 84.1 Å². The number of carbonyl (C=O) groups excluding carboxylic acids is 1. The van der Waals surface area contributed by atoms with Gasteiger partial charge >= 0.3 is 5.97 Å². The number of aliphatic hydroxyl groups excluding tert-OH is 1. The van der Waals surface area contributed by atoms with Gasteiger partial charge in [0.2, 0.25) is 0 Å². The Morgan fingerprint density at radius 1 is 1.18 bits per heavy atom. The second-order valence-electron chi connectivity index (χ2n) is 10.3. The fraction of sp³-hybridized carbons (Fsp3) is 0.810. The van der Waals surface area contributed by atoms with Gasteiger partial charge in [0.1, 0.15) is 41.7 Å². The molecular formula is C21H25O6Y-. The Balaban J connectivity index is 0.00000156. The zero-order chi connectivity index (χ0) is 18.8. The van der Waals surface area contributed by atoms with E-state index in [2.05, 4.69) is 34.1 Å². The van der Waals surface area contributed by atoms with Crippen LogP contribution >= 0.6 is 0 Å². The summed E-state index contributed by atoms with van der Waals surface area (Å²) in [6, 6.07) is 0. The maximum absolute atomic E-state index is 12.2. The van der Waals surface area contributed by atoms with Crippen LogP contribution in [0.25, 0.3) is 0 Å². The van der Waals surface area contributed by atoms with E-state index in [-0.39, 0.29) is 73.7 Å². The Labute approximate surface area is 189 Å². The van der Waals surface area contributed by atoms with Crippen LogP contribution in [0.5, 0.6) is 0 Å². The summed E-state index contributed by atoms with van der Waals surface area (Å²) < 4.78 is 24.5. The fourth-order valence-electron chi connectivity index (χ4n) is 7.78. The molecule has 2 spiro atoms. The zero-order valence-corrected chi connectivity index (χ0v) is 19.5. The molecule has 3 saturated heterocycles. The number of rotatable bonds is 1. The van der Waals surface area contributed by atoms with E-state index in [4.69, 9.17) is 18.9 Å². The number of aliphatic hydroxyl groups is 1. The van der Waals surface area contributed by atoms with Gasteiger partial charge in [-0.15, -0.1) is 5.41 Å². The second-order valence-corrected chi connectivity index (χ2v) is 10.3. The number of carbonyl (C=O) groups is 1. The number of hydrogen-bond acceptors (Lipinski definition) is 6. The average molecular weight is 462 g/mol. The van der Waals surface area contributed by atoms with E-state index >= 15 is 0 Å². The van der Waals surface area contributed by atoms with Gasteiger partial charge < -0.3 is 24.1 Å². The van der Waals surface area contributed by atoms with Crippen LogP contribution in [0.2, 0.25) is 0 Å². The van der Waals surface area contributed by atoms with Crippen molar-refractivity contribution < 1.29 is 61.6 Å². The Hall–Kier alpha value is 0.154. The van der Waals surface area contributed by atoms with Crippen molar-refractivity contribution in [2.45, 2.75) is 81.8 Å². The first-order chi connectivity index (χ1) is 12.7. The summed E-state index contributed by atoms with van der Waals surface area (Å²) in [5.74, 6) is 0.0237. The SMILES string of the molecule is CC(C)[C@]12O[C@H]1[C@@H]1O[C@]13[C@]1(O[C@H]1[CH-][C@@]1(C)C4=C(CC[C@]31C)C(=O)OC4)[C@@H]2O.[Y]. The molecule has 0 aromatic rings. The van der Waals surface area contributed by atoms with Crippen LogP contribution in [-0.4, -0.2) is 58.9 Å². The Morgan fingerprint density at radius 2 is 1.93 bits per heavy atom. The van der Waals surface area contributed by atoms with Gasteiger partial charge in [-0.1, -0.05) is 27.7 Å². The largest absolute Gasteiger partial charge is 0.458 e. The molecule has 4 heterocycles. The minimum atomic E-state index is -0.718. The van der Waals surface area contributed by atoms with E-state index in [1.54, 1.807) is 0 Å². The molecule has 0 unspecified atom stereocenters. The van der Waals surface area contributed by atoms with Gasteiger partial charge in [0.15, 0.2) is 0 Å². The van der Waals surface area contributed by atoms with Crippen molar-refractivity contribution in [3.63, 3.8) is 0 Å². The molecule has 7 rings (SSSR count). The second kappa shape index (κ2) is 4.81. The first-order valence-corrected chi connectivity index (χ1v) is 10.2. The Kier molecular flexibility index (Phi) is 3.24. The summed E-state index contributed by atoms with van der Waals surface area (Å²) in [5, 5.41) is 11.5. The number of esters is 1. The molecule has 0 bridgehead atoms. The van der Waals surface area contributed by atoms with Crippen molar-refractivity contribution >= 4 is 5.97 Å². The molecule has 5 fully saturated rings. The molecule has 149 valence electrons. The van der Waals surface area contributed by atoms with Crippen molar-refractivity contribution in [2.24, 2.45) is 16.7 Å². The molecular weight excluding hydrogens is 437 g/mol. The monoisotopic (exact) mass is 462 g/mol. The van der Waals surface area contributed by atoms with Crippen molar-refractivity contribution in [3.05, 3.63) is 17.6 Å². The molecule has 2 saturated carbocycles. The maximum atomic E-state index is 12.2. The van der Waals surface area contributed by atoms with Crippen LogP contribution in [0, 0.1) is 23.2 Å². The molecule has 0 aromatic heterocycles. The maximum Gasteiger partial charge on any atom is 0.334 e.